The maximum atomic E-state index is 5.06. The van der Waals surface area contributed by atoms with Crippen LogP contribution in [0, 0.1) is 0 Å². The Balaban J connectivity index is 1.23. The molecule has 52 heavy (non-hydrogen) atoms. The highest BCUT2D eigenvalue weighted by Gasteiger charge is 2.35. The average molecular weight is 665 g/mol. The molecule has 1 aliphatic carbocycles. The number of benzene rings is 7. The Labute approximate surface area is 300 Å². The quantitative estimate of drug-likeness (QED) is 0.188. The fourth-order valence-electron chi connectivity index (χ4n) is 8.82. The van der Waals surface area contributed by atoms with Crippen molar-refractivity contribution in [2.75, 3.05) is 0 Å². The lowest BCUT2D eigenvalue weighted by atomic mass is 9.81. The minimum absolute atomic E-state index is 0.122. The lowest BCUT2D eigenvalue weighted by molar-refractivity contribution is 0.663. The van der Waals surface area contributed by atoms with Crippen molar-refractivity contribution in [1.29, 1.82) is 0 Å². The Morgan fingerprint density at radius 1 is 0.385 bits per heavy atom. The number of hydrogen-bond acceptors (Lipinski definition) is 3. The molecule has 10 aromatic rings. The fraction of sp³-hybridized carbons (Fsp3) is 0.0625. The van der Waals surface area contributed by atoms with E-state index in [1.807, 2.05) is 60.7 Å². The molecule has 4 nitrogen and oxygen atoms in total. The summed E-state index contributed by atoms with van der Waals surface area (Å²) in [6.07, 6.45) is 0. The second-order valence-corrected chi connectivity index (χ2v) is 14.4. The summed E-state index contributed by atoms with van der Waals surface area (Å²) >= 11 is 0. The smallest absolute Gasteiger partial charge is 0.164 e. The van der Waals surface area contributed by atoms with Crippen molar-refractivity contribution < 1.29 is 0 Å². The van der Waals surface area contributed by atoms with Crippen LogP contribution < -0.4 is 0 Å². The Morgan fingerprint density at radius 2 is 0.885 bits per heavy atom. The molecule has 0 aliphatic heterocycles. The standard InChI is InChI=1S/C48H32N4/c1-48(2)37-24-12-22-35-33-20-9-10-21-34(33)36-23-13-25-39-42(36)44-40(27-26-38(48)43(44)41(35)37)52(39)32-19-11-18-31(28-32)47-50-45(29-14-5-3-6-15-29)49-46(51-47)30-16-7-4-8-17-30/h3-28H,1-2H3. The van der Waals surface area contributed by atoms with Gasteiger partial charge in [0.05, 0.1) is 11.0 Å². The lowest BCUT2D eigenvalue weighted by Crippen LogP contribution is -2.15. The zero-order chi connectivity index (χ0) is 34.6. The van der Waals surface area contributed by atoms with Crippen molar-refractivity contribution in [1.82, 2.24) is 19.5 Å². The van der Waals surface area contributed by atoms with Crippen molar-refractivity contribution in [3.8, 4) is 39.9 Å². The van der Waals surface area contributed by atoms with E-state index >= 15 is 0 Å². The molecule has 0 unspecified atom stereocenters. The number of hydrogen-bond donors (Lipinski definition) is 0. The van der Waals surface area contributed by atoms with E-state index in [-0.39, 0.29) is 5.41 Å². The molecule has 8 aromatic carbocycles. The molecule has 0 amide bonds. The predicted molar refractivity (Wildman–Crippen MR) is 215 cm³/mol. The number of nitrogens with zero attached hydrogens (tertiary/aromatic N) is 4. The molecule has 0 N–H and O–H groups in total. The van der Waals surface area contributed by atoms with Gasteiger partial charge in [-0.05, 0) is 67.7 Å². The number of rotatable bonds is 4. The molecule has 4 heteroatoms. The van der Waals surface area contributed by atoms with Crippen LogP contribution in [0.5, 0.6) is 0 Å². The van der Waals surface area contributed by atoms with E-state index in [4.69, 9.17) is 15.0 Å². The first kappa shape index (κ1) is 29.1. The minimum Gasteiger partial charge on any atom is -0.309 e. The van der Waals surface area contributed by atoms with Crippen molar-refractivity contribution in [3.05, 3.63) is 169 Å². The predicted octanol–water partition coefficient (Wildman–Crippen LogP) is 12.1. The van der Waals surface area contributed by atoms with Crippen LogP contribution in [0.3, 0.4) is 0 Å². The van der Waals surface area contributed by atoms with Gasteiger partial charge in [-0.2, -0.15) is 0 Å². The normalized spacial score (nSPS) is 13.3. The van der Waals surface area contributed by atoms with E-state index in [2.05, 4.69) is 115 Å². The van der Waals surface area contributed by atoms with Gasteiger partial charge in [0.25, 0.3) is 0 Å². The second kappa shape index (κ2) is 10.7. The van der Waals surface area contributed by atoms with Crippen LogP contribution in [0.25, 0.3) is 94.0 Å². The van der Waals surface area contributed by atoms with Crippen molar-refractivity contribution in [3.63, 3.8) is 0 Å². The summed E-state index contributed by atoms with van der Waals surface area (Å²) in [7, 11) is 0. The summed E-state index contributed by atoms with van der Waals surface area (Å²) in [4.78, 5) is 15.1. The first-order valence-electron chi connectivity index (χ1n) is 17.9. The molecule has 0 spiro atoms. The molecule has 0 atom stereocenters. The topological polar surface area (TPSA) is 43.6 Å². The van der Waals surface area contributed by atoms with Crippen LogP contribution in [0.4, 0.5) is 0 Å². The molecule has 0 radical (unpaired) electrons. The Bertz CT molecular complexity index is 3030. The van der Waals surface area contributed by atoms with Gasteiger partial charge in [-0.1, -0.05) is 147 Å². The summed E-state index contributed by atoms with van der Waals surface area (Å²) in [5.41, 5.74) is 8.95. The maximum absolute atomic E-state index is 5.06. The van der Waals surface area contributed by atoms with Gasteiger partial charge >= 0.3 is 0 Å². The molecule has 244 valence electrons. The molecule has 2 aromatic heterocycles. The highest BCUT2D eigenvalue weighted by atomic mass is 15.0. The van der Waals surface area contributed by atoms with E-state index < -0.39 is 0 Å². The van der Waals surface area contributed by atoms with Crippen LogP contribution in [-0.4, -0.2) is 19.5 Å². The van der Waals surface area contributed by atoms with Gasteiger partial charge in [-0.3, -0.25) is 0 Å². The van der Waals surface area contributed by atoms with Crippen LogP contribution in [0.2, 0.25) is 0 Å². The van der Waals surface area contributed by atoms with Crippen molar-refractivity contribution in [2.24, 2.45) is 0 Å². The van der Waals surface area contributed by atoms with Gasteiger partial charge in [0.2, 0.25) is 0 Å². The minimum atomic E-state index is -0.122. The highest BCUT2D eigenvalue weighted by molar-refractivity contribution is 6.35. The van der Waals surface area contributed by atoms with E-state index in [9.17, 15) is 0 Å². The SMILES string of the molecule is CC1(C)c2cccc3c4ccccc4c4cccc5c4c4c(c1ccc4n5-c1cccc(-c4nc(-c5ccccc5)nc(-c5ccccc5)n4)c1)c23. The Hall–Kier alpha value is -6.65. The molecular formula is C48H32N4. The van der Waals surface area contributed by atoms with Crippen LogP contribution in [0.15, 0.2) is 158 Å². The largest absolute Gasteiger partial charge is 0.309 e. The first-order chi connectivity index (χ1) is 25.6. The molecule has 11 rings (SSSR count). The van der Waals surface area contributed by atoms with Gasteiger partial charge in [0.1, 0.15) is 0 Å². The summed E-state index contributed by atoms with van der Waals surface area (Å²) in [5, 5.41) is 10.5. The number of fused-ring (bicyclic) bond motifs is 3. The van der Waals surface area contributed by atoms with Gasteiger partial charge in [0.15, 0.2) is 17.5 Å². The summed E-state index contributed by atoms with van der Waals surface area (Å²) in [5.74, 6) is 1.95. The molecule has 0 fully saturated rings. The van der Waals surface area contributed by atoms with Crippen molar-refractivity contribution in [2.45, 2.75) is 19.3 Å². The molecule has 0 bridgehead atoms. The number of aromatic nitrogens is 4. The first-order valence-corrected chi connectivity index (χ1v) is 17.9. The third kappa shape index (κ3) is 4.00. The zero-order valence-electron chi connectivity index (χ0n) is 28.8. The third-order valence-corrected chi connectivity index (χ3v) is 11.2. The second-order valence-electron chi connectivity index (χ2n) is 14.4. The summed E-state index contributed by atoms with van der Waals surface area (Å²) in [6.45, 7) is 4.76. The summed E-state index contributed by atoms with van der Waals surface area (Å²) in [6, 6.07) is 56.3. The average Bonchev–Trinajstić information content (AvgIpc) is 3.66. The van der Waals surface area contributed by atoms with Gasteiger partial charge in [0, 0.05) is 38.6 Å². The maximum Gasteiger partial charge on any atom is 0.164 e. The Kier molecular flexibility index (Phi) is 5.98. The van der Waals surface area contributed by atoms with E-state index in [0.29, 0.717) is 17.5 Å². The van der Waals surface area contributed by atoms with Gasteiger partial charge < -0.3 is 4.57 Å². The van der Waals surface area contributed by atoms with E-state index in [1.165, 1.54) is 65.3 Å². The van der Waals surface area contributed by atoms with Gasteiger partial charge in [-0.15, -0.1) is 0 Å². The van der Waals surface area contributed by atoms with E-state index in [0.717, 1.165) is 22.4 Å². The molecule has 2 heterocycles. The monoisotopic (exact) mass is 664 g/mol. The molecule has 1 aliphatic rings. The Morgan fingerprint density at radius 3 is 1.56 bits per heavy atom. The van der Waals surface area contributed by atoms with Crippen LogP contribution >= 0.6 is 0 Å². The molecule has 0 saturated carbocycles. The lowest BCUT2D eigenvalue weighted by Gasteiger charge is -2.22. The van der Waals surface area contributed by atoms with E-state index in [1.54, 1.807) is 0 Å². The highest BCUT2D eigenvalue weighted by Crippen LogP contribution is 2.53. The fourth-order valence-corrected chi connectivity index (χ4v) is 8.82. The third-order valence-electron chi connectivity index (χ3n) is 11.2. The van der Waals surface area contributed by atoms with Crippen molar-refractivity contribution >= 4 is 54.1 Å². The van der Waals surface area contributed by atoms with Crippen LogP contribution in [-0.2, 0) is 5.41 Å². The van der Waals surface area contributed by atoms with Crippen LogP contribution in [0.1, 0.15) is 25.0 Å². The molecular weight excluding hydrogens is 633 g/mol. The molecule has 0 saturated heterocycles. The zero-order valence-corrected chi connectivity index (χ0v) is 28.8. The summed E-state index contributed by atoms with van der Waals surface area (Å²) < 4.78 is 2.44. The van der Waals surface area contributed by atoms with Gasteiger partial charge in [-0.25, -0.2) is 15.0 Å².